The summed E-state index contributed by atoms with van der Waals surface area (Å²) in [4.78, 5) is 10.8. The summed E-state index contributed by atoms with van der Waals surface area (Å²) >= 11 is 3.40. The summed E-state index contributed by atoms with van der Waals surface area (Å²) in [7, 11) is 0. The fraction of sp³-hybridized carbons (Fsp3) is 0.286. The van der Waals surface area contributed by atoms with Gasteiger partial charge in [-0.25, -0.2) is 0 Å². The van der Waals surface area contributed by atoms with Gasteiger partial charge in [-0.3, -0.25) is 14.9 Å². The molecule has 4 heteroatoms. The summed E-state index contributed by atoms with van der Waals surface area (Å²) in [5, 5.41) is 0. The molecule has 0 aromatic carbocycles. The number of nitrogens with zero attached hydrogens (tertiary/aromatic N) is 3. The number of rotatable bonds is 5. The normalized spacial score (nSPS) is 10.8. The van der Waals surface area contributed by atoms with E-state index >= 15 is 0 Å². The van der Waals surface area contributed by atoms with Gasteiger partial charge in [0, 0.05) is 36.2 Å². The van der Waals surface area contributed by atoms with Crippen molar-refractivity contribution >= 4 is 15.9 Å². The minimum Gasteiger partial charge on any atom is -0.294 e. The SMILES string of the molecule is CCN(Cc1ccncc1)Cc1ccc(Br)cn1. The Kier molecular flexibility index (Phi) is 4.84. The third-order valence-electron chi connectivity index (χ3n) is 2.78. The second-order valence-electron chi connectivity index (χ2n) is 4.13. The van der Waals surface area contributed by atoms with Crippen LogP contribution in [0.4, 0.5) is 0 Å². The highest BCUT2D eigenvalue weighted by Gasteiger charge is 2.05. The summed E-state index contributed by atoms with van der Waals surface area (Å²) in [5.74, 6) is 0. The van der Waals surface area contributed by atoms with E-state index in [1.54, 1.807) is 0 Å². The van der Waals surface area contributed by atoms with Crippen molar-refractivity contribution in [2.45, 2.75) is 20.0 Å². The van der Waals surface area contributed by atoms with Crippen LogP contribution in [0.2, 0.25) is 0 Å². The molecule has 94 valence electrons. The lowest BCUT2D eigenvalue weighted by Gasteiger charge is -2.19. The zero-order valence-electron chi connectivity index (χ0n) is 10.4. The van der Waals surface area contributed by atoms with Crippen LogP contribution in [0, 0.1) is 0 Å². The van der Waals surface area contributed by atoms with Crippen molar-refractivity contribution in [2.75, 3.05) is 6.54 Å². The highest BCUT2D eigenvalue weighted by atomic mass is 79.9. The zero-order chi connectivity index (χ0) is 12.8. The van der Waals surface area contributed by atoms with Crippen molar-refractivity contribution in [3.8, 4) is 0 Å². The van der Waals surface area contributed by atoms with E-state index in [1.807, 2.05) is 24.7 Å². The minimum atomic E-state index is 0.867. The molecule has 2 aromatic rings. The molecule has 0 saturated heterocycles. The highest BCUT2D eigenvalue weighted by Crippen LogP contribution is 2.11. The molecule has 2 heterocycles. The van der Waals surface area contributed by atoms with Gasteiger partial charge in [0.25, 0.3) is 0 Å². The molecule has 0 fully saturated rings. The third kappa shape index (κ3) is 3.89. The number of hydrogen-bond acceptors (Lipinski definition) is 3. The molecule has 18 heavy (non-hydrogen) atoms. The molecule has 2 aromatic heterocycles. The standard InChI is InChI=1S/C14H16BrN3/c1-2-18(10-12-5-7-16-8-6-12)11-14-4-3-13(15)9-17-14/h3-9H,2,10-11H2,1H3. The molecule has 0 N–H and O–H groups in total. The maximum absolute atomic E-state index is 4.41. The van der Waals surface area contributed by atoms with Crippen LogP contribution >= 0.6 is 15.9 Å². The van der Waals surface area contributed by atoms with Gasteiger partial charge in [-0.2, -0.15) is 0 Å². The molecule has 0 aliphatic heterocycles. The summed E-state index contributed by atoms with van der Waals surface area (Å²) in [6.07, 6.45) is 5.51. The topological polar surface area (TPSA) is 29.0 Å². The Labute approximate surface area is 116 Å². The maximum atomic E-state index is 4.41. The second kappa shape index (κ2) is 6.61. The lowest BCUT2D eigenvalue weighted by Crippen LogP contribution is -2.22. The smallest absolute Gasteiger partial charge is 0.0544 e. The van der Waals surface area contributed by atoms with Gasteiger partial charge in [0.1, 0.15) is 0 Å². The van der Waals surface area contributed by atoms with Gasteiger partial charge in [-0.15, -0.1) is 0 Å². The molecule has 3 nitrogen and oxygen atoms in total. The van der Waals surface area contributed by atoms with Crippen molar-refractivity contribution in [3.63, 3.8) is 0 Å². The van der Waals surface area contributed by atoms with E-state index in [4.69, 9.17) is 0 Å². The van der Waals surface area contributed by atoms with E-state index in [1.165, 1.54) is 5.56 Å². The lowest BCUT2D eigenvalue weighted by molar-refractivity contribution is 0.268. The number of pyridine rings is 2. The molecule has 0 spiro atoms. The van der Waals surface area contributed by atoms with E-state index in [2.05, 4.69) is 55.9 Å². The fourth-order valence-electron chi connectivity index (χ4n) is 1.75. The van der Waals surface area contributed by atoms with Crippen molar-refractivity contribution in [2.24, 2.45) is 0 Å². The highest BCUT2D eigenvalue weighted by molar-refractivity contribution is 9.10. The fourth-order valence-corrected chi connectivity index (χ4v) is 1.99. The second-order valence-corrected chi connectivity index (χ2v) is 5.04. The first-order valence-electron chi connectivity index (χ1n) is 5.99. The van der Waals surface area contributed by atoms with Gasteiger partial charge in [0.15, 0.2) is 0 Å². The van der Waals surface area contributed by atoms with Crippen LogP contribution in [0.1, 0.15) is 18.2 Å². The van der Waals surface area contributed by atoms with Gasteiger partial charge in [0.2, 0.25) is 0 Å². The lowest BCUT2D eigenvalue weighted by atomic mass is 10.2. The zero-order valence-corrected chi connectivity index (χ0v) is 12.0. The molecule has 0 radical (unpaired) electrons. The quantitative estimate of drug-likeness (QED) is 0.849. The molecule has 2 rings (SSSR count). The molecule has 0 atom stereocenters. The Morgan fingerprint density at radius 3 is 2.50 bits per heavy atom. The Morgan fingerprint density at radius 1 is 1.11 bits per heavy atom. The van der Waals surface area contributed by atoms with Crippen LogP contribution in [-0.4, -0.2) is 21.4 Å². The Morgan fingerprint density at radius 2 is 1.89 bits per heavy atom. The molecule has 0 saturated carbocycles. The van der Waals surface area contributed by atoms with Crippen LogP contribution in [0.25, 0.3) is 0 Å². The van der Waals surface area contributed by atoms with Gasteiger partial charge in [-0.05, 0) is 52.3 Å². The molecule has 0 unspecified atom stereocenters. The Balaban J connectivity index is 1.99. The van der Waals surface area contributed by atoms with Crippen LogP contribution < -0.4 is 0 Å². The number of aromatic nitrogens is 2. The summed E-state index contributed by atoms with van der Waals surface area (Å²) in [5.41, 5.74) is 2.37. The average Bonchev–Trinajstić information content (AvgIpc) is 2.41. The summed E-state index contributed by atoms with van der Waals surface area (Å²) < 4.78 is 1.02. The Bertz CT molecular complexity index is 470. The largest absolute Gasteiger partial charge is 0.294 e. The molecule has 0 amide bonds. The maximum Gasteiger partial charge on any atom is 0.0544 e. The van der Waals surface area contributed by atoms with E-state index in [0.29, 0.717) is 0 Å². The van der Waals surface area contributed by atoms with Crippen molar-refractivity contribution in [1.29, 1.82) is 0 Å². The van der Waals surface area contributed by atoms with E-state index in [-0.39, 0.29) is 0 Å². The molecular formula is C14H16BrN3. The summed E-state index contributed by atoms with van der Waals surface area (Å²) in [6, 6.07) is 8.19. The predicted octanol–water partition coefficient (Wildman–Crippen LogP) is 3.26. The molecule has 0 aliphatic rings. The number of hydrogen-bond donors (Lipinski definition) is 0. The predicted molar refractivity (Wildman–Crippen MR) is 76.0 cm³/mol. The van der Waals surface area contributed by atoms with Crippen molar-refractivity contribution < 1.29 is 0 Å². The first-order chi connectivity index (χ1) is 8.78. The van der Waals surface area contributed by atoms with Crippen LogP contribution in [0.15, 0.2) is 47.3 Å². The van der Waals surface area contributed by atoms with Gasteiger partial charge >= 0.3 is 0 Å². The van der Waals surface area contributed by atoms with E-state index < -0.39 is 0 Å². The summed E-state index contributed by atoms with van der Waals surface area (Å²) in [6.45, 7) is 4.96. The average molecular weight is 306 g/mol. The molecule has 0 bridgehead atoms. The Hall–Kier alpha value is -1.26. The van der Waals surface area contributed by atoms with Gasteiger partial charge in [0.05, 0.1) is 5.69 Å². The monoisotopic (exact) mass is 305 g/mol. The molecule has 0 aliphatic carbocycles. The van der Waals surface area contributed by atoms with E-state index in [9.17, 15) is 0 Å². The van der Waals surface area contributed by atoms with Crippen molar-refractivity contribution in [3.05, 3.63) is 58.6 Å². The third-order valence-corrected chi connectivity index (χ3v) is 3.25. The van der Waals surface area contributed by atoms with E-state index in [0.717, 1.165) is 29.8 Å². The first kappa shape index (κ1) is 13.2. The van der Waals surface area contributed by atoms with Crippen LogP contribution in [-0.2, 0) is 13.1 Å². The first-order valence-corrected chi connectivity index (χ1v) is 6.79. The van der Waals surface area contributed by atoms with Gasteiger partial charge in [-0.1, -0.05) is 6.92 Å². The number of halogens is 1. The van der Waals surface area contributed by atoms with Crippen molar-refractivity contribution in [1.82, 2.24) is 14.9 Å². The minimum absolute atomic E-state index is 0.867. The van der Waals surface area contributed by atoms with Crippen LogP contribution in [0.5, 0.6) is 0 Å². The van der Waals surface area contributed by atoms with Gasteiger partial charge < -0.3 is 0 Å². The molecular weight excluding hydrogens is 290 g/mol. The van der Waals surface area contributed by atoms with Crippen LogP contribution in [0.3, 0.4) is 0 Å².